The van der Waals surface area contributed by atoms with Crippen LogP contribution in [-0.2, 0) is 0 Å². The van der Waals surface area contributed by atoms with E-state index in [0.29, 0.717) is 11.7 Å². The van der Waals surface area contributed by atoms with Gasteiger partial charge in [-0.25, -0.2) is 4.98 Å². The number of benzene rings is 1. The summed E-state index contributed by atoms with van der Waals surface area (Å²) in [6.07, 6.45) is 4.44. The van der Waals surface area contributed by atoms with Gasteiger partial charge in [-0.3, -0.25) is 4.79 Å². The number of thiazole rings is 1. The smallest absolute Gasteiger partial charge is 0.273 e. The minimum Gasteiger partial charge on any atom is -0.497 e. The van der Waals surface area contributed by atoms with Crippen molar-refractivity contribution in [3.05, 3.63) is 35.3 Å². The van der Waals surface area contributed by atoms with Gasteiger partial charge in [0.25, 0.3) is 5.91 Å². The topological polar surface area (TPSA) is 42.4 Å². The van der Waals surface area contributed by atoms with Crippen LogP contribution < -0.4 is 4.74 Å². The highest BCUT2D eigenvalue weighted by atomic mass is 32.1. The van der Waals surface area contributed by atoms with Gasteiger partial charge in [0.2, 0.25) is 0 Å². The first-order valence-electron chi connectivity index (χ1n) is 8.14. The van der Waals surface area contributed by atoms with Gasteiger partial charge in [-0.1, -0.05) is 6.92 Å². The number of rotatable bonds is 4. The van der Waals surface area contributed by atoms with Crippen LogP contribution in [0.3, 0.4) is 0 Å². The molecular weight excluding hydrogens is 308 g/mol. The van der Waals surface area contributed by atoms with Gasteiger partial charge in [0.05, 0.1) is 7.11 Å². The van der Waals surface area contributed by atoms with Crippen LogP contribution in [0.15, 0.2) is 29.6 Å². The predicted molar refractivity (Wildman–Crippen MR) is 93.1 cm³/mol. The highest BCUT2D eigenvalue weighted by Gasteiger charge is 2.27. The maximum atomic E-state index is 12.8. The first-order chi connectivity index (χ1) is 11.2. The number of carbonyl (C=O) groups excluding carboxylic acids is 1. The molecule has 1 aromatic carbocycles. The molecule has 1 atom stereocenters. The van der Waals surface area contributed by atoms with E-state index < -0.39 is 0 Å². The Morgan fingerprint density at radius 2 is 2.13 bits per heavy atom. The Morgan fingerprint density at radius 1 is 1.35 bits per heavy atom. The van der Waals surface area contributed by atoms with Crippen LogP contribution >= 0.6 is 11.3 Å². The summed E-state index contributed by atoms with van der Waals surface area (Å²) in [4.78, 5) is 19.3. The SMILES string of the molecule is CCC1CCCCN1C(=O)c1csc(-c2ccc(OC)cc2)n1. The molecule has 1 aliphatic heterocycles. The zero-order valence-corrected chi connectivity index (χ0v) is 14.4. The van der Waals surface area contributed by atoms with E-state index >= 15 is 0 Å². The number of likely N-dealkylation sites (tertiary alicyclic amines) is 1. The van der Waals surface area contributed by atoms with E-state index in [9.17, 15) is 4.79 Å². The second-order valence-electron chi connectivity index (χ2n) is 5.82. The minimum atomic E-state index is 0.0764. The normalized spacial score (nSPS) is 18.0. The van der Waals surface area contributed by atoms with Crippen molar-refractivity contribution in [2.75, 3.05) is 13.7 Å². The molecule has 0 saturated carbocycles. The van der Waals surface area contributed by atoms with Crippen LogP contribution in [-0.4, -0.2) is 35.5 Å². The molecule has 1 unspecified atom stereocenters. The summed E-state index contributed by atoms with van der Waals surface area (Å²) in [5.74, 6) is 0.897. The van der Waals surface area contributed by atoms with E-state index in [1.54, 1.807) is 7.11 Å². The lowest BCUT2D eigenvalue weighted by molar-refractivity contribution is 0.0603. The molecule has 5 heteroatoms. The number of carbonyl (C=O) groups is 1. The third kappa shape index (κ3) is 3.39. The van der Waals surface area contributed by atoms with E-state index in [-0.39, 0.29) is 5.91 Å². The number of piperidine rings is 1. The molecule has 1 fully saturated rings. The number of aromatic nitrogens is 1. The minimum absolute atomic E-state index is 0.0764. The van der Waals surface area contributed by atoms with E-state index in [0.717, 1.165) is 42.1 Å². The number of methoxy groups -OCH3 is 1. The molecular formula is C18H22N2O2S. The molecule has 0 bridgehead atoms. The summed E-state index contributed by atoms with van der Waals surface area (Å²) in [6, 6.07) is 8.14. The third-order valence-corrected chi connectivity index (χ3v) is 5.31. The third-order valence-electron chi connectivity index (χ3n) is 4.42. The molecule has 0 N–H and O–H groups in total. The molecule has 23 heavy (non-hydrogen) atoms. The van der Waals surface area contributed by atoms with Crippen molar-refractivity contribution in [1.82, 2.24) is 9.88 Å². The predicted octanol–water partition coefficient (Wildman–Crippen LogP) is 4.22. The monoisotopic (exact) mass is 330 g/mol. The van der Waals surface area contributed by atoms with Crippen LogP contribution in [0.1, 0.15) is 43.1 Å². The molecule has 2 aromatic rings. The molecule has 122 valence electrons. The Balaban J connectivity index is 1.78. The summed E-state index contributed by atoms with van der Waals surface area (Å²) in [5.41, 5.74) is 1.58. The van der Waals surface area contributed by atoms with E-state index in [1.807, 2.05) is 34.5 Å². The average molecular weight is 330 g/mol. The Kier molecular flexibility index (Phi) is 4.96. The lowest BCUT2D eigenvalue weighted by Gasteiger charge is -2.34. The number of hydrogen-bond acceptors (Lipinski definition) is 4. The van der Waals surface area contributed by atoms with Crippen molar-refractivity contribution in [2.24, 2.45) is 0 Å². The Hall–Kier alpha value is -1.88. The lowest BCUT2D eigenvalue weighted by atomic mass is 10.00. The van der Waals surface area contributed by atoms with Gasteiger partial charge < -0.3 is 9.64 Å². The summed E-state index contributed by atoms with van der Waals surface area (Å²) < 4.78 is 5.17. The van der Waals surface area contributed by atoms with Crippen molar-refractivity contribution < 1.29 is 9.53 Å². The fraction of sp³-hybridized carbons (Fsp3) is 0.444. The van der Waals surface area contributed by atoms with E-state index in [1.165, 1.54) is 17.8 Å². The second-order valence-corrected chi connectivity index (χ2v) is 6.68. The fourth-order valence-corrected chi connectivity index (χ4v) is 3.88. The number of ether oxygens (including phenoxy) is 1. The molecule has 0 aliphatic carbocycles. The molecule has 1 amide bonds. The molecule has 1 aliphatic rings. The Morgan fingerprint density at radius 3 is 2.83 bits per heavy atom. The number of hydrogen-bond donors (Lipinski definition) is 0. The van der Waals surface area contributed by atoms with Crippen LogP contribution in [0.5, 0.6) is 5.75 Å². The van der Waals surface area contributed by atoms with E-state index in [4.69, 9.17) is 4.74 Å². The molecule has 4 nitrogen and oxygen atoms in total. The van der Waals surface area contributed by atoms with Gasteiger partial charge in [-0.2, -0.15) is 0 Å². The van der Waals surface area contributed by atoms with Crippen LogP contribution in [0.2, 0.25) is 0 Å². The summed E-state index contributed by atoms with van der Waals surface area (Å²) in [5, 5.41) is 2.75. The lowest BCUT2D eigenvalue weighted by Crippen LogP contribution is -2.43. The van der Waals surface area contributed by atoms with Crippen LogP contribution in [0, 0.1) is 0 Å². The van der Waals surface area contributed by atoms with Gasteiger partial charge in [0, 0.05) is 23.5 Å². The highest BCUT2D eigenvalue weighted by Crippen LogP contribution is 2.27. The van der Waals surface area contributed by atoms with Crippen molar-refractivity contribution in [3.63, 3.8) is 0 Å². The maximum Gasteiger partial charge on any atom is 0.273 e. The van der Waals surface area contributed by atoms with Crippen LogP contribution in [0.25, 0.3) is 10.6 Å². The Labute approximate surface area is 141 Å². The van der Waals surface area contributed by atoms with Gasteiger partial charge in [-0.15, -0.1) is 11.3 Å². The number of amides is 1. The van der Waals surface area contributed by atoms with Crippen LogP contribution in [0.4, 0.5) is 0 Å². The Bertz CT molecular complexity index is 666. The molecule has 0 radical (unpaired) electrons. The molecule has 0 spiro atoms. The van der Waals surface area contributed by atoms with E-state index in [2.05, 4.69) is 11.9 Å². The first-order valence-corrected chi connectivity index (χ1v) is 9.01. The fourth-order valence-electron chi connectivity index (χ4n) is 3.08. The summed E-state index contributed by atoms with van der Waals surface area (Å²) in [6.45, 7) is 3.01. The van der Waals surface area contributed by atoms with Crippen molar-refractivity contribution in [3.8, 4) is 16.3 Å². The average Bonchev–Trinajstić information content (AvgIpc) is 3.11. The quantitative estimate of drug-likeness (QED) is 0.843. The molecule has 2 heterocycles. The van der Waals surface area contributed by atoms with Gasteiger partial charge in [0.1, 0.15) is 16.5 Å². The molecule has 1 saturated heterocycles. The van der Waals surface area contributed by atoms with Crippen molar-refractivity contribution in [2.45, 2.75) is 38.6 Å². The van der Waals surface area contributed by atoms with Gasteiger partial charge >= 0.3 is 0 Å². The van der Waals surface area contributed by atoms with Gasteiger partial charge in [-0.05, 0) is 49.9 Å². The zero-order chi connectivity index (χ0) is 16.2. The summed E-state index contributed by atoms with van der Waals surface area (Å²) in [7, 11) is 1.65. The molecule has 3 rings (SSSR count). The van der Waals surface area contributed by atoms with Crippen molar-refractivity contribution >= 4 is 17.2 Å². The highest BCUT2D eigenvalue weighted by molar-refractivity contribution is 7.13. The largest absolute Gasteiger partial charge is 0.497 e. The molecule has 1 aromatic heterocycles. The zero-order valence-electron chi connectivity index (χ0n) is 13.6. The number of nitrogens with zero attached hydrogens (tertiary/aromatic N) is 2. The van der Waals surface area contributed by atoms with Gasteiger partial charge in [0.15, 0.2) is 0 Å². The first kappa shape index (κ1) is 16.0. The second kappa shape index (κ2) is 7.13. The standard InChI is InChI=1S/C18H22N2O2S/c1-3-14-6-4-5-11-20(14)18(21)16-12-23-17(19-16)13-7-9-15(22-2)10-8-13/h7-10,12,14H,3-6,11H2,1-2H3. The maximum absolute atomic E-state index is 12.8. The van der Waals surface area contributed by atoms with Crippen molar-refractivity contribution in [1.29, 1.82) is 0 Å². The summed E-state index contributed by atoms with van der Waals surface area (Å²) >= 11 is 1.52.